The Bertz CT molecular complexity index is 650. The molecule has 0 atom stereocenters. The van der Waals surface area contributed by atoms with Gasteiger partial charge < -0.3 is 10.3 Å². The van der Waals surface area contributed by atoms with Crippen molar-refractivity contribution in [1.29, 1.82) is 0 Å². The Kier molecular flexibility index (Phi) is 2.15. The SMILES string of the molecule is C=CCNc1nc2c([nH]c3ccccc32)s1. The molecular formula is C12H11N3S. The van der Waals surface area contributed by atoms with E-state index in [1.807, 2.05) is 18.2 Å². The molecule has 80 valence electrons. The van der Waals surface area contributed by atoms with E-state index in [9.17, 15) is 0 Å². The molecule has 0 saturated heterocycles. The fraction of sp³-hybridized carbons (Fsp3) is 0.0833. The summed E-state index contributed by atoms with van der Waals surface area (Å²) in [5, 5.41) is 5.32. The summed E-state index contributed by atoms with van der Waals surface area (Å²) in [5.74, 6) is 0. The lowest BCUT2D eigenvalue weighted by atomic mass is 10.2. The first-order valence-electron chi connectivity index (χ1n) is 5.10. The van der Waals surface area contributed by atoms with Crippen LogP contribution in [0.5, 0.6) is 0 Å². The Morgan fingerprint density at radius 3 is 3.19 bits per heavy atom. The lowest BCUT2D eigenvalue weighted by Crippen LogP contribution is -1.95. The molecule has 0 unspecified atom stereocenters. The molecule has 0 aliphatic carbocycles. The predicted molar refractivity (Wildman–Crippen MR) is 70.2 cm³/mol. The lowest BCUT2D eigenvalue weighted by molar-refractivity contribution is 1.31. The van der Waals surface area contributed by atoms with E-state index in [0.717, 1.165) is 27.5 Å². The van der Waals surface area contributed by atoms with Crippen molar-refractivity contribution in [3.05, 3.63) is 36.9 Å². The largest absolute Gasteiger partial charge is 0.358 e. The number of hydrogen-bond acceptors (Lipinski definition) is 3. The van der Waals surface area contributed by atoms with Crippen LogP contribution in [0, 0.1) is 0 Å². The van der Waals surface area contributed by atoms with Gasteiger partial charge >= 0.3 is 0 Å². The molecule has 0 bridgehead atoms. The van der Waals surface area contributed by atoms with E-state index >= 15 is 0 Å². The van der Waals surface area contributed by atoms with Crippen molar-refractivity contribution in [2.24, 2.45) is 0 Å². The van der Waals surface area contributed by atoms with Crippen LogP contribution in [0.2, 0.25) is 0 Å². The van der Waals surface area contributed by atoms with Gasteiger partial charge in [-0.05, 0) is 6.07 Å². The Morgan fingerprint density at radius 2 is 2.31 bits per heavy atom. The first kappa shape index (κ1) is 9.42. The van der Waals surface area contributed by atoms with Gasteiger partial charge in [0, 0.05) is 17.4 Å². The number of aromatic nitrogens is 2. The van der Waals surface area contributed by atoms with Crippen molar-refractivity contribution in [3.63, 3.8) is 0 Å². The number of rotatable bonds is 3. The highest BCUT2D eigenvalue weighted by Crippen LogP contribution is 2.31. The summed E-state index contributed by atoms with van der Waals surface area (Å²) in [7, 11) is 0. The first-order valence-corrected chi connectivity index (χ1v) is 5.92. The smallest absolute Gasteiger partial charge is 0.185 e. The number of nitrogens with one attached hydrogen (secondary N) is 2. The molecule has 2 aromatic heterocycles. The van der Waals surface area contributed by atoms with Gasteiger partial charge in [-0.3, -0.25) is 0 Å². The van der Waals surface area contributed by atoms with E-state index in [-0.39, 0.29) is 0 Å². The van der Waals surface area contributed by atoms with Crippen LogP contribution in [0.15, 0.2) is 36.9 Å². The molecule has 0 fully saturated rings. The van der Waals surface area contributed by atoms with E-state index in [1.54, 1.807) is 11.3 Å². The van der Waals surface area contributed by atoms with Gasteiger partial charge in [-0.2, -0.15) is 0 Å². The number of aromatic amines is 1. The maximum absolute atomic E-state index is 4.57. The first-order chi connectivity index (χ1) is 7.88. The average molecular weight is 229 g/mol. The van der Waals surface area contributed by atoms with Crippen molar-refractivity contribution in [1.82, 2.24) is 9.97 Å². The third kappa shape index (κ3) is 1.39. The van der Waals surface area contributed by atoms with Gasteiger partial charge in [0.1, 0.15) is 10.3 Å². The van der Waals surface area contributed by atoms with E-state index < -0.39 is 0 Å². The molecule has 2 N–H and O–H groups in total. The van der Waals surface area contributed by atoms with Crippen LogP contribution >= 0.6 is 11.3 Å². The molecule has 0 saturated carbocycles. The molecule has 2 heterocycles. The Labute approximate surface area is 96.8 Å². The Hall–Kier alpha value is -1.81. The van der Waals surface area contributed by atoms with Gasteiger partial charge in [0.05, 0.1) is 0 Å². The summed E-state index contributed by atoms with van der Waals surface area (Å²) in [4.78, 5) is 9.05. The highest BCUT2D eigenvalue weighted by atomic mass is 32.1. The second-order valence-electron chi connectivity index (χ2n) is 3.54. The van der Waals surface area contributed by atoms with Crippen LogP contribution in [-0.2, 0) is 0 Å². The van der Waals surface area contributed by atoms with Crippen molar-refractivity contribution >= 4 is 37.7 Å². The molecule has 0 aliphatic rings. The third-order valence-electron chi connectivity index (χ3n) is 2.46. The van der Waals surface area contributed by atoms with Gasteiger partial charge in [-0.25, -0.2) is 4.98 Å². The van der Waals surface area contributed by atoms with Crippen molar-refractivity contribution < 1.29 is 0 Å². The van der Waals surface area contributed by atoms with Crippen LogP contribution < -0.4 is 5.32 Å². The lowest BCUT2D eigenvalue weighted by Gasteiger charge is -1.94. The zero-order chi connectivity index (χ0) is 11.0. The molecule has 3 nitrogen and oxygen atoms in total. The standard InChI is InChI=1S/C12H11N3S/c1-2-7-13-12-15-10-8-5-3-4-6-9(8)14-11(10)16-12/h2-6,14H,1,7H2,(H,13,15). The quantitative estimate of drug-likeness (QED) is 0.676. The fourth-order valence-corrected chi connectivity index (χ4v) is 2.64. The zero-order valence-corrected chi connectivity index (χ0v) is 9.47. The van der Waals surface area contributed by atoms with Crippen LogP contribution in [-0.4, -0.2) is 16.5 Å². The van der Waals surface area contributed by atoms with Crippen LogP contribution in [0.1, 0.15) is 0 Å². The third-order valence-corrected chi connectivity index (χ3v) is 3.38. The molecule has 3 aromatic rings. The van der Waals surface area contributed by atoms with Crippen molar-refractivity contribution in [3.8, 4) is 0 Å². The summed E-state index contributed by atoms with van der Waals surface area (Å²) < 4.78 is 0. The minimum atomic E-state index is 0.744. The number of fused-ring (bicyclic) bond motifs is 3. The molecule has 0 amide bonds. The summed E-state index contributed by atoms with van der Waals surface area (Å²) in [6, 6.07) is 8.22. The normalized spacial score (nSPS) is 11.0. The molecule has 3 rings (SSSR count). The number of H-pyrrole nitrogens is 1. The van der Waals surface area contributed by atoms with Gasteiger partial charge in [-0.1, -0.05) is 35.6 Å². The Balaban J connectivity index is 2.14. The molecular weight excluding hydrogens is 218 g/mol. The maximum Gasteiger partial charge on any atom is 0.185 e. The van der Waals surface area contributed by atoms with E-state index in [0.29, 0.717) is 0 Å². The number of hydrogen-bond donors (Lipinski definition) is 2. The number of nitrogens with zero attached hydrogens (tertiary/aromatic N) is 1. The summed E-state index contributed by atoms with van der Waals surface area (Å²) in [6.45, 7) is 4.42. The molecule has 0 aliphatic heterocycles. The number of thiazole rings is 1. The van der Waals surface area contributed by atoms with Gasteiger partial charge in [0.2, 0.25) is 0 Å². The summed E-state index contributed by atoms with van der Waals surface area (Å²) in [5.41, 5.74) is 2.19. The van der Waals surface area contributed by atoms with Crippen molar-refractivity contribution in [2.45, 2.75) is 0 Å². The van der Waals surface area contributed by atoms with Crippen LogP contribution in [0.25, 0.3) is 21.3 Å². The topological polar surface area (TPSA) is 40.7 Å². The minimum absolute atomic E-state index is 0.744. The predicted octanol–water partition coefficient (Wildman–Crippen LogP) is 3.38. The fourth-order valence-electron chi connectivity index (χ4n) is 1.74. The zero-order valence-electron chi connectivity index (χ0n) is 8.66. The molecule has 0 radical (unpaired) electrons. The number of anilines is 1. The highest BCUT2D eigenvalue weighted by molar-refractivity contribution is 7.22. The van der Waals surface area contributed by atoms with Gasteiger partial charge in [0.15, 0.2) is 5.13 Å². The van der Waals surface area contributed by atoms with E-state index in [2.05, 4.69) is 34.0 Å². The minimum Gasteiger partial charge on any atom is -0.358 e. The van der Waals surface area contributed by atoms with E-state index in [4.69, 9.17) is 0 Å². The highest BCUT2D eigenvalue weighted by Gasteiger charge is 2.08. The molecule has 1 aromatic carbocycles. The summed E-state index contributed by atoms with van der Waals surface area (Å²) >= 11 is 1.64. The van der Waals surface area contributed by atoms with Crippen LogP contribution in [0.3, 0.4) is 0 Å². The van der Waals surface area contributed by atoms with Gasteiger partial charge in [-0.15, -0.1) is 6.58 Å². The van der Waals surface area contributed by atoms with Gasteiger partial charge in [0.25, 0.3) is 0 Å². The molecule has 16 heavy (non-hydrogen) atoms. The summed E-state index contributed by atoms with van der Waals surface area (Å²) in [6.07, 6.45) is 1.83. The van der Waals surface area contributed by atoms with Crippen LogP contribution in [0.4, 0.5) is 5.13 Å². The number of para-hydroxylation sites is 1. The second kappa shape index (κ2) is 3.64. The Morgan fingerprint density at radius 1 is 1.44 bits per heavy atom. The number of benzene rings is 1. The monoisotopic (exact) mass is 229 g/mol. The maximum atomic E-state index is 4.57. The second-order valence-corrected chi connectivity index (χ2v) is 4.54. The van der Waals surface area contributed by atoms with Crippen molar-refractivity contribution in [2.75, 3.05) is 11.9 Å². The molecule has 4 heteroatoms. The van der Waals surface area contributed by atoms with E-state index in [1.165, 1.54) is 5.39 Å². The molecule has 0 spiro atoms. The average Bonchev–Trinajstić information content (AvgIpc) is 2.83.